The van der Waals surface area contributed by atoms with Gasteiger partial charge in [-0.3, -0.25) is 9.89 Å². The molecule has 160 valence electrons. The van der Waals surface area contributed by atoms with Crippen molar-refractivity contribution in [2.75, 3.05) is 6.61 Å². The molecule has 10 nitrogen and oxygen atoms in total. The van der Waals surface area contributed by atoms with Crippen LogP contribution in [0.15, 0.2) is 48.5 Å². The van der Waals surface area contributed by atoms with Crippen molar-refractivity contribution in [1.82, 2.24) is 20.0 Å². The Morgan fingerprint density at radius 2 is 1.71 bits per heavy atom. The van der Waals surface area contributed by atoms with E-state index in [9.17, 15) is 14.4 Å². The molecule has 2 aromatic carbocycles. The van der Waals surface area contributed by atoms with E-state index in [2.05, 4.69) is 15.3 Å². The van der Waals surface area contributed by atoms with E-state index in [0.29, 0.717) is 22.9 Å². The molecule has 4 rings (SSSR count). The number of rotatable bonds is 4. The second kappa shape index (κ2) is 9.08. The summed E-state index contributed by atoms with van der Waals surface area (Å²) in [5.41, 5.74) is 6.64. The second-order valence-corrected chi connectivity index (χ2v) is 7.04. The third-order valence-electron chi connectivity index (χ3n) is 4.21. The van der Waals surface area contributed by atoms with E-state index >= 15 is 0 Å². The van der Waals surface area contributed by atoms with Gasteiger partial charge in [-0.25, -0.2) is 9.59 Å². The van der Waals surface area contributed by atoms with Crippen molar-refractivity contribution >= 4 is 39.8 Å². The zero-order chi connectivity index (χ0) is 22.5. The number of amides is 1. The molecule has 31 heavy (non-hydrogen) atoms. The fourth-order valence-electron chi connectivity index (χ4n) is 2.81. The highest BCUT2D eigenvalue weighted by Crippen LogP contribution is 2.18. The van der Waals surface area contributed by atoms with Gasteiger partial charge in [0.1, 0.15) is 0 Å². The molecule has 2 aromatic heterocycles. The smallest absolute Gasteiger partial charge is 0.435 e. The van der Waals surface area contributed by atoms with E-state index in [-0.39, 0.29) is 17.3 Å². The molecule has 4 aromatic rings. The van der Waals surface area contributed by atoms with Gasteiger partial charge in [-0.15, -0.1) is 0 Å². The Hall–Kier alpha value is -4.21. The Kier molecular flexibility index (Phi) is 6.29. The van der Waals surface area contributed by atoms with Crippen molar-refractivity contribution in [3.8, 4) is 0 Å². The number of carbonyl (C=O) groups excluding carboxylic acids is 2. The summed E-state index contributed by atoms with van der Waals surface area (Å²) in [4.78, 5) is 33.8. The fourth-order valence-corrected chi connectivity index (χ4v) is 2.81. The van der Waals surface area contributed by atoms with Gasteiger partial charge in [0.05, 0.1) is 17.6 Å². The lowest BCUT2D eigenvalue weighted by atomic mass is 10.2. The highest BCUT2D eigenvalue weighted by molar-refractivity contribution is 6.05. The number of nitrogens with zero attached hydrogens (tertiary/aromatic N) is 3. The molecule has 4 N–H and O–H groups in total. The van der Waals surface area contributed by atoms with Gasteiger partial charge >= 0.3 is 12.1 Å². The summed E-state index contributed by atoms with van der Waals surface area (Å²) in [5.74, 6) is -1.46. The number of para-hydroxylation sites is 2. The number of primary amides is 1. The molecule has 0 unspecified atom stereocenters. The fraction of sp³-hybridized carbons (Fsp3) is 0.190. The maximum Gasteiger partial charge on any atom is 0.435 e. The van der Waals surface area contributed by atoms with Crippen molar-refractivity contribution in [2.24, 2.45) is 11.7 Å². The Balaban J connectivity index is 0.000000194. The molecular formula is C21H21N5O5. The number of carbonyl (C=O) groups is 3. The van der Waals surface area contributed by atoms with Gasteiger partial charge in [0.15, 0.2) is 11.4 Å². The molecule has 0 fully saturated rings. The lowest BCUT2D eigenvalue weighted by Crippen LogP contribution is -2.19. The molecule has 0 atom stereocenters. The molecule has 0 saturated carbocycles. The number of hydrogen-bond donors (Lipinski definition) is 3. The topological polar surface area (TPSA) is 153 Å². The van der Waals surface area contributed by atoms with Crippen LogP contribution < -0.4 is 5.73 Å². The van der Waals surface area contributed by atoms with Crippen molar-refractivity contribution in [3.05, 3.63) is 59.9 Å². The van der Waals surface area contributed by atoms with Crippen molar-refractivity contribution in [2.45, 2.75) is 13.8 Å². The standard InChI is InChI=1S/C13H15N3O3.C8H6N2O2/c1-8(2)7-19-13(18)16-10-6-4-3-5-9(10)11(15-16)12(14)17;11-8(12)7-5-3-1-2-4-6(5)9-10-7/h3-6,8H,7H2,1-2H3,(H2,14,17);1-4H,(H,9,10)(H,11,12). The van der Waals surface area contributed by atoms with Crippen LogP contribution in [-0.4, -0.2) is 49.7 Å². The number of aromatic nitrogens is 4. The van der Waals surface area contributed by atoms with Crippen LogP contribution >= 0.6 is 0 Å². The average Bonchev–Trinajstić information content (AvgIpc) is 3.34. The van der Waals surface area contributed by atoms with Crippen LogP contribution in [0.5, 0.6) is 0 Å². The summed E-state index contributed by atoms with van der Waals surface area (Å²) < 4.78 is 6.17. The normalized spacial score (nSPS) is 10.7. The minimum Gasteiger partial charge on any atom is -0.476 e. The highest BCUT2D eigenvalue weighted by Gasteiger charge is 2.19. The number of ether oxygens (including phenoxy) is 1. The van der Waals surface area contributed by atoms with E-state index in [0.717, 1.165) is 10.2 Å². The first-order valence-corrected chi connectivity index (χ1v) is 9.40. The lowest BCUT2D eigenvalue weighted by Gasteiger charge is -2.06. The Bertz CT molecular complexity index is 1260. The third-order valence-corrected chi connectivity index (χ3v) is 4.21. The van der Waals surface area contributed by atoms with Crippen LogP contribution in [-0.2, 0) is 4.74 Å². The number of carboxylic acids is 1. The number of aromatic carboxylic acids is 1. The molecule has 10 heteroatoms. The SMILES string of the molecule is CC(C)COC(=O)n1nc(C(N)=O)c2ccccc21.O=C(O)c1n[nH]c2ccccc12. The van der Waals surface area contributed by atoms with Gasteiger partial charge in [-0.1, -0.05) is 50.2 Å². The predicted octanol–water partition coefficient (Wildman–Crippen LogP) is 3.04. The first-order valence-electron chi connectivity index (χ1n) is 9.40. The van der Waals surface area contributed by atoms with Gasteiger partial charge < -0.3 is 15.6 Å². The van der Waals surface area contributed by atoms with Crippen LogP contribution in [0.4, 0.5) is 4.79 Å². The Morgan fingerprint density at radius 3 is 2.35 bits per heavy atom. The first kappa shape index (κ1) is 21.5. The average molecular weight is 423 g/mol. The first-order chi connectivity index (χ1) is 14.8. The van der Waals surface area contributed by atoms with E-state index in [1.54, 1.807) is 42.5 Å². The number of nitrogens with two attached hydrogens (primary N) is 1. The zero-order valence-electron chi connectivity index (χ0n) is 16.9. The van der Waals surface area contributed by atoms with E-state index in [1.807, 2.05) is 19.9 Å². The Morgan fingerprint density at radius 1 is 1.06 bits per heavy atom. The number of nitrogens with one attached hydrogen (secondary N) is 1. The monoisotopic (exact) mass is 423 g/mol. The minimum absolute atomic E-state index is 0.0668. The van der Waals surface area contributed by atoms with Crippen molar-refractivity contribution in [3.63, 3.8) is 0 Å². The van der Waals surface area contributed by atoms with Crippen LogP contribution in [0.1, 0.15) is 34.8 Å². The molecule has 0 bridgehead atoms. The van der Waals surface area contributed by atoms with Crippen LogP contribution in [0.3, 0.4) is 0 Å². The highest BCUT2D eigenvalue weighted by atomic mass is 16.6. The van der Waals surface area contributed by atoms with Crippen molar-refractivity contribution in [1.29, 1.82) is 0 Å². The van der Waals surface area contributed by atoms with Gasteiger partial charge in [0.25, 0.3) is 5.91 Å². The number of benzene rings is 2. The number of aromatic amines is 1. The van der Waals surface area contributed by atoms with Gasteiger partial charge in [0.2, 0.25) is 0 Å². The molecule has 0 saturated heterocycles. The summed E-state index contributed by atoms with van der Waals surface area (Å²) >= 11 is 0. The van der Waals surface area contributed by atoms with E-state index in [1.165, 1.54) is 0 Å². The molecule has 2 heterocycles. The summed E-state index contributed by atoms with van der Waals surface area (Å²) in [6.07, 6.45) is -0.614. The minimum atomic E-state index is -1.01. The third kappa shape index (κ3) is 4.69. The maximum atomic E-state index is 11.9. The van der Waals surface area contributed by atoms with E-state index < -0.39 is 18.0 Å². The maximum absolute atomic E-state index is 11.9. The van der Waals surface area contributed by atoms with Crippen LogP contribution in [0.2, 0.25) is 0 Å². The number of H-pyrrole nitrogens is 1. The second-order valence-electron chi connectivity index (χ2n) is 7.04. The number of fused-ring (bicyclic) bond motifs is 2. The molecule has 0 aliphatic heterocycles. The quantitative estimate of drug-likeness (QED) is 0.456. The molecule has 0 spiro atoms. The summed E-state index contributed by atoms with van der Waals surface area (Å²) in [6.45, 7) is 4.16. The molecule has 1 amide bonds. The molecule has 0 radical (unpaired) electrons. The Labute approximate surface area is 176 Å². The largest absolute Gasteiger partial charge is 0.476 e. The summed E-state index contributed by atoms with van der Waals surface area (Å²) in [7, 11) is 0. The zero-order valence-corrected chi connectivity index (χ0v) is 16.9. The van der Waals surface area contributed by atoms with Crippen LogP contribution in [0, 0.1) is 5.92 Å². The van der Waals surface area contributed by atoms with E-state index in [4.69, 9.17) is 15.6 Å². The summed E-state index contributed by atoms with van der Waals surface area (Å²) in [6, 6.07) is 14.0. The predicted molar refractivity (Wildman–Crippen MR) is 113 cm³/mol. The molecule has 0 aliphatic carbocycles. The van der Waals surface area contributed by atoms with Gasteiger partial charge in [0, 0.05) is 10.8 Å². The van der Waals surface area contributed by atoms with Crippen molar-refractivity contribution < 1.29 is 24.2 Å². The lowest BCUT2D eigenvalue weighted by molar-refractivity contribution is 0.0692. The summed E-state index contributed by atoms with van der Waals surface area (Å²) in [5, 5.41) is 20.1. The molecular weight excluding hydrogens is 402 g/mol. The number of carboxylic acid groups (broad SMARTS) is 1. The van der Waals surface area contributed by atoms with Gasteiger partial charge in [-0.05, 0) is 18.1 Å². The van der Waals surface area contributed by atoms with Crippen LogP contribution in [0.25, 0.3) is 21.8 Å². The number of hydrogen-bond acceptors (Lipinski definition) is 6. The molecule has 0 aliphatic rings. The van der Waals surface area contributed by atoms with Gasteiger partial charge in [-0.2, -0.15) is 14.9 Å².